The van der Waals surface area contributed by atoms with E-state index < -0.39 is 0 Å². The minimum absolute atomic E-state index is 0.181. The number of benzene rings is 4. The van der Waals surface area contributed by atoms with Crippen LogP contribution in [0.4, 0.5) is 0 Å². The molecular weight excluding hydrogens is 482 g/mol. The summed E-state index contributed by atoms with van der Waals surface area (Å²) >= 11 is 3.54. The van der Waals surface area contributed by atoms with Crippen molar-refractivity contribution < 1.29 is 4.42 Å². The summed E-state index contributed by atoms with van der Waals surface area (Å²) < 4.78 is 10.0. The summed E-state index contributed by atoms with van der Waals surface area (Å²) in [6.07, 6.45) is 7.91. The normalized spacial score (nSPS) is 18.4. The van der Waals surface area contributed by atoms with Crippen molar-refractivity contribution in [1.82, 2.24) is 4.57 Å². The molecule has 0 fully saturated rings. The molecule has 0 amide bonds. The first-order valence-electron chi connectivity index (χ1n) is 11.6. The molecule has 0 N–H and O–H groups in total. The Hall–Kier alpha value is -3.56. The van der Waals surface area contributed by atoms with Crippen LogP contribution >= 0.6 is 15.9 Å². The third-order valence-electron chi connectivity index (χ3n) is 7.23. The fraction of sp³-hybridized carbons (Fsp3) is 0.0968. The molecule has 2 heterocycles. The highest BCUT2D eigenvalue weighted by atomic mass is 79.9. The highest BCUT2D eigenvalue weighted by molar-refractivity contribution is 9.10. The molecule has 6 aromatic rings. The van der Waals surface area contributed by atoms with E-state index in [1.165, 1.54) is 43.7 Å². The van der Waals surface area contributed by atoms with E-state index in [4.69, 9.17) is 4.42 Å². The Balaban J connectivity index is 1.46. The van der Waals surface area contributed by atoms with Gasteiger partial charge in [0.15, 0.2) is 0 Å². The molecule has 1 unspecified atom stereocenters. The molecule has 0 radical (unpaired) electrons. The molecule has 0 spiro atoms. The summed E-state index contributed by atoms with van der Waals surface area (Å²) in [4.78, 5) is 0. The zero-order valence-corrected chi connectivity index (χ0v) is 20.3. The molecule has 3 heteroatoms. The highest BCUT2D eigenvalue weighted by Gasteiger charge is 2.30. The minimum Gasteiger partial charge on any atom is -0.455 e. The molecule has 0 aliphatic heterocycles. The van der Waals surface area contributed by atoms with Crippen LogP contribution in [0.5, 0.6) is 0 Å². The van der Waals surface area contributed by atoms with Gasteiger partial charge in [-0.25, -0.2) is 0 Å². The lowest BCUT2D eigenvalue weighted by Crippen LogP contribution is -2.28. The van der Waals surface area contributed by atoms with Gasteiger partial charge in [0.2, 0.25) is 0 Å². The van der Waals surface area contributed by atoms with Crippen molar-refractivity contribution in [3.05, 3.63) is 113 Å². The number of hydrogen-bond donors (Lipinski definition) is 0. The molecule has 2 aromatic heterocycles. The van der Waals surface area contributed by atoms with E-state index in [-0.39, 0.29) is 5.54 Å². The van der Waals surface area contributed by atoms with Gasteiger partial charge >= 0.3 is 0 Å². The van der Waals surface area contributed by atoms with Crippen molar-refractivity contribution in [2.24, 2.45) is 0 Å². The lowest BCUT2D eigenvalue weighted by molar-refractivity contribution is 0.438. The maximum absolute atomic E-state index is 6.44. The van der Waals surface area contributed by atoms with Gasteiger partial charge in [-0.05, 0) is 60.9 Å². The summed E-state index contributed by atoms with van der Waals surface area (Å²) in [6, 6.07) is 30.1. The zero-order chi connectivity index (χ0) is 22.9. The predicted octanol–water partition coefficient (Wildman–Crippen LogP) is 9.22. The second kappa shape index (κ2) is 7.22. The number of allylic oxidation sites excluding steroid dienone is 4. The average molecular weight is 504 g/mol. The molecular formula is C31H22BrNO. The van der Waals surface area contributed by atoms with Gasteiger partial charge in [-0.1, -0.05) is 82.7 Å². The Labute approximate surface area is 205 Å². The van der Waals surface area contributed by atoms with Crippen LogP contribution in [0.3, 0.4) is 0 Å². The fourth-order valence-corrected chi connectivity index (χ4v) is 5.79. The topological polar surface area (TPSA) is 18.1 Å². The number of rotatable bonds is 2. The number of furan rings is 1. The number of fused-ring (bicyclic) bond motifs is 7. The van der Waals surface area contributed by atoms with Crippen LogP contribution < -0.4 is 0 Å². The monoisotopic (exact) mass is 503 g/mol. The number of aromatic nitrogens is 1. The number of hydrogen-bond acceptors (Lipinski definition) is 1. The minimum atomic E-state index is -0.181. The van der Waals surface area contributed by atoms with E-state index in [9.17, 15) is 0 Å². The van der Waals surface area contributed by atoms with Crippen molar-refractivity contribution in [3.8, 4) is 0 Å². The molecule has 1 atom stereocenters. The van der Waals surface area contributed by atoms with E-state index in [0.29, 0.717) is 0 Å². The van der Waals surface area contributed by atoms with Gasteiger partial charge in [0.25, 0.3) is 0 Å². The molecule has 34 heavy (non-hydrogen) atoms. The number of halogens is 1. The van der Waals surface area contributed by atoms with Crippen molar-refractivity contribution >= 4 is 65.2 Å². The van der Waals surface area contributed by atoms with Crippen LogP contribution in [0.1, 0.15) is 18.9 Å². The summed E-state index contributed by atoms with van der Waals surface area (Å²) in [7, 11) is 0. The molecule has 0 bridgehead atoms. The molecule has 164 valence electrons. The highest BCUT2D eigenvalue weighted by Crippen LogP contribution is 2.43. The Morgan fingerprint density at radius 1 is 0.794 bits per heavy atom. The fourth-order valence-electron chi connectivity index (χ4n) is 5.53. The second-order valence-corrected chi connectivity index (χ2v) is 10.3. The van der Waals surface area contributed by atoms with Crippen molar-refractivity contribution in [2.45, 2.75) is 18.9 Å². The first-order valence-corrected chi connectivity index (χ1v) is 12.4. The van der Waals surface area contributed by atoms with Crippen LogP contribution in [0.15, 0.2) is 112 Å². The van der Waals surface area contributed by atoms with E-state index in [1.54, 1.807) is 0 Å². The second-order valence-electron chi connectivity index (χ2n) is 9.35. The van der Waals surface area contributed by atoms with Gasteiger partial charge in [-0.2, -0.15) is 0 Å². The van der Waals surface area contributed by atoms with Crippen LogP contribution in [0, 0.1) is 0 Å². The van der Waals surface area contributed by atoms with Crippen molar-refractivity contribution in [1.29, 1.82) is 0 Å². The van der Waals surface area contributed by atoms with E-state index in [1.807, 2.05) is 6.07 Å². The van der Waals surface area contributed by atoms with Crippen molar-refractivity contribution in [2.75, 3.05) is 0 Å². The van der Waals surface area contributed by atoms with Gasteiger partial charge in [0, 0.05) is 20.6 Å². The van der Waals surface area contributed by atoms with Gasteiger partial charge < -0.3 is 8.98 Å². The van der Waals surface area contributed by atoms with Crippen molar-refractivity contribution in [3.63, 3.8) is 0 Å². The largest absolute Gasteiger partial charge is 0.455 e. The molecule has 0 saturated heterocycles. The third-order valence-corrected chi connectivity index (χ3v) is 7.75. The molecule has 1 aliphatic rings. The molecule has 7 rings (SSSR count). The quantitative estimate of drug-likeness (QED) is 0.230. The number of nitrogens with zero attached hydrogens (tertiary/aromatic N) is 1. The molecule has 0 saturated carbocycles. The molecule has 2 nitrogen and oxygen atoms in total. The summed E-state index contributed by atoms with van der Waals surface area (Å²) in [6.45, 7) is 2.33. The van der Waals surface area contributed by atoms with E-state index in [0.717, 1.165) is 22.1 Å². The smallest absolute Gasteiger partial charge is 0.145 e. The Kier molecular flexibility index (Phi) is 4.22. The zero-order valence-electron chi connectivity index (χ0n) is 18.8. The first kappa shape index (κ1) is 19.9. The van der Waals surface area contributed by atoms with Gasteiger partial charge in [-0.3, -0.25) is 0 Å². The summed E-state index contributed by atoms with van der Waals surface area (Å²) in [5.74, 6) is 0. The average Bonchev–Trinajstić information content (AvgIpc) is 3.41. The third kappa shape index (κ3) is 2.80. The Bertz CT molecular complexity index is 1800. The maximum atomic E-state index is 6.44. The maximum Gasteiger partial charge on any atom is 0.145 e. The van der Waals surface area contributed by atoms with Gasteiger partial charge in [0.05, 0.1) is 22.0 Å². The Morgan fingerprint density at radius 3 is 2.35 bits per heavy atom. The molecule has 4 aromatic carbocycles. The van der Waals surface area contributed by atoms with Crippen LogP contribution in [-0.4, -0.2) is 4.57 Å². The van der Waals surface area contributed by atoms with E-state index in [2.05, 4.69) is 125 Å². The number of para-hydroxylation sites is 2. The lowest BCUT2D eigenvalue weighted by Gasteiger charge is -2.32. The van der Waals surface area contributed by atoms with Crippen LogP contribution in [-0.2, 0) is 5.54 Å². The van der Waals surface area contributed by atoms with Gasteiger partial charge in [0.1, 0.15) is 11.2 Å². The standard InChI is InChI=1S/C31H22BrNO/c1-31(18-16-21(17-19-31)20-10-12-22(32)13-11-20)33-26-8-4-2-7-25(26)29-27(33)15-14-24-23-6-3-5-9-28(23)34-30(24)29/h2-18H,19H2,1H3. The van der Waals surface area contributed by atoms with Gasteiger partial charge in [-0.15, -0.1) is 0 Å². The Morgan fingerprint density at radius 2 is 1.56 bits per heavy atom. The van der Waals surface area contributed by atoms with Crippen LogP contribution in [0.2, 0.25) is 0 Å². The lowest BCUT2D eigenvalue weighted by atomic mass is 9.87. The van der Waals surface area contributed by atoms with E-state index >= 15 is 0 Å². The molecule has 1 aliphatic carbocycles. The predicted molar refractivity (Wildman–Crippen MR) is 146 cm³/mol. The summed E-state index contributed by atoms with van der Waals surface area (Å²) in [5.41, 5.74) is 6.69. The summed E-state index contributed by atoms with van der Waals surface area (Å²) in [5, 5.41) is 4.77. The SMILES string of the molecule is CC1(n2c3ccccc3c3c4oc5ccccc5c4ccc32)C=CC(c2ccc(Br)cc2)=CC1. The first-order chi connectivity index (χ1) is 16.6. The van der Waals surface area contributed by atoms with Crippen LogP contribution in [0.25, 0.3) is 49.3 Å².